The van der Waals surface area contributed by atoms with Crippen LogP contribution < -0.4 is 0 Å². The second-order valence-corrected chi connectivity index (χ2v) is 5.32. The molecule has 1 N–H and O–H groups in total. The molecule has 0 bridgehead atoms. The molecule has 1 atom stereocenters. The Hall–Kier alpha value is -1.55. The van der Waals surface area contributed by atoms with Crippen LogP contribution in [0.15, 0.2) is 18.2 Å². The van der Waals surface area contributed by atoms with E-state index in [4.69, 9.17) is 16.7 Å². The summed E-state index contributed by atoms with van der Waals surface area (Å²) in [5.74, 6) is -0.875. The van der Waals surface area contributed by atoms with E-state index in [1.165, 1.54) is 0 Å². The van der Waals surface area contributed by atoms with Gasteiger partial charge in [0.2, 0.25) is 0 Å². The topological polar surface area (TPSA) is 57.6 Å². The summed E-state index contributed by atoms with van der Waals surface area (Å²) in [5.41, 5.74) is 1.37. The normalized spacial score (nSPS) is 18.6. The van der Waals surface area contributed by atoms with Gasteiger partial charge in [-0.2, -0.15) is 0 Å². The van der Waals surface area contributed by atoms with E-state index in [1.807, 2.05) is 13.0 Å². The summed E-state index contributed by atoms with van der Waals surface area (Å²) in [6.07, 6.45) is 0.854. The van der Waals surface area contributed by atoms with Gasteiger partial charge in [0.1, 0.15) is 0 Å². The van der Waals surface area contributed by atoms with Crippen LogP contribution >= 0.6 is 11.6 Å². The molecular formula is C14H16ClNO3. The van der Waals surface area contributed by atoms with Gasteiger partial charge in [0.25, 0.3) is 5.91 Å². The quantitative estimate of drug-likeness (QED) is 0.926. The maximum atomic E-state index is 12.3. The fraction of sp³-hybridized carbons (Fsp3) is 0.429. The molecule has 1 aliphatic rings. The van der Waals surface area contributed by atoms with Crippen LogP contribution in [-0.4, -0.2) is 35.0 Å². The molecule has 1 heterocycles. The molecule has 0 aromatic heterocycles. The zero-order valence-corrected chi connectivity index (χ0v) is 11.5. The van der Waals surface area contributed by atoms with Crippen LogP contribution in [0.25, 0.3) is 0 Å². The molecule has 5 heteroatoms. The van der Waals surface area contributed by atoms with Crippen molar-refractivity contribution in [2.75, 3.05) is 13.1 Å². The molecule has 1 aliphatic heterocycles. The summed E-state index contributed by atoms with van der Waals surface area (Å²) in [6.45, 7) is 2.95. The molecule has 1 unspecified atom stereocenters. The van der Waals surface area contributed by atoms with Gasteiger partial charge in [-0.25, -0.2) is 0 Å². The number of benzene rings is 1. The smallest absolute Gasteiger partial charge is 0.303 e. The Balaban J connectivity index is 2.09. The van der Waals surface area contributed by atoms with Crippen molar-refractivity contribution in [1.82, 2.24) is 4.90 Å². The molecule has 0 saturated carbocycles. The number of aliphatic carboxylic acids is 1. The van der Waals surface area contributed by atoms with Crippen LogP contribution in [0.2, 0.25) is 5.02 Å². The van der Waals surface area contributed by atoms with E-state index in [9.17, 15) is 9.59 Å². The minimum absolute atomic E-state index is 0.0463. The van der Waals surface area contributed by atoms with Crippen LogP contribution in [0.3, 0.4) is 0 Å². The fourth-order valence-electron chi connectivity index (χ4n) is 2.41. The molecule has 0 radical (unpaired) electrons. The molecule has 1 aromatic carbocycles. The first-order valence-electron chi connectivity index (χ1n) is 6.25. The Morgan fingerprint density at radius 2 is 2.21 bits per heavy atom. The Morgan fingerprint density at radius 3 is 2.89 bits per heavy atom. The lowest BCUT2D eigenvalue weighted by atomic mass is 10.1. The fourth-order valence-corrected chi connectivity index (χ4v) is 2.62. The van der Waals surface area contributed by atoms with Gasteiger partial charge in [0.15, 0.2) is 0 Å². The maximum absolute atomic E-state index is 12.3. The molecule has 1 aromatic rings. The third kappa shape index (κ3) is 3.07. The van der Waals surface area contributed by atoms with Gasteiger partial charge in [-0.1, -0.05) is 23.7 Å². The zero-order chi connectivity index (χ0) is 14.0. The van der Waals surface area contributed by atoms with Crippen molar-refractivity contribution in [3.05, 3.63) is 34.3 Å². The van der Waals surface area contributed by atoms with Crippen molar-refractivity contribution in [2.45, 2.75) is 19.8 Å². The van der Waals surface area contributed by atoms with Crippen LogP contribution in [-0.2, 0) is 4.79 Å². The van der Waals surface area contributed by atoms with Crippen LogP contribution in [0.5, 0.6) is 0 Å². The molecule has 2 rings (SSSR count). The first-order chi connectivity index (χ1) is 8.99. The predicted molar refractivity (Wildman–Crippen MR) is 72.5 cm³/mol. The zero-order valence-electron chi connectivity index (χ0n) is 10.7. The molecule has 4 nitrogen and oxygen atoms in total. The van der Waals surface area contributed by atoms with Gasteiger partial charge >= 0.3 is 5.97 Å². The Morgan fingerprint density at radius 1 is 1.47 bits per heavy atom. The minimum Gasteiger partial charge on any atom is -0.481 e. The third-order valence-corrected chi connectivity index (χ3v) is 3.96. The van der Waals surface area contributed by atoms with E-state index >= 15 is 0 Å². The van der Waals surface area contributed by atoms with Crippen molar-refractivity contribution in [1.29, 1.82) is 0 Å². The highest BCUT2D eigenvalue weighted by molar-refractivity contribution is 6.34. The van der Waals surface area contributed by atoms with Gasteiger partial charge < -0.3 is 10.0 Å². The number of carboxylic acids is 1. The SMILES string of the molecule is Cc1cccc(C(=O)N2CCC(CC(=O)O)C2)c1Cl. The third-order valence-electron chi connectivity index (χ3n) is 3.46. The Kier molecular flexibility index (Phi) is 4.10. The highest BCUT2D eigenvalue weighted by Crippen LogP contribution is 2.26. The van der Waals surface area contributed by atoms with Crippen molar-refractivity contribution in [3.8, 4) is 0 Å². The number of hydrogen-bond donors (Lipinski definition) is 1. The average Bonchev–Trinajstić information content (AvgIpc) is 2.79. The minimum atomic E-state index is -0.812. The van der Waals surface area contributed by atoms with Crippen LogP contribution in [0.1, 0.15) is 28.8 Å². The molecule has 19 heavy (non-hydrogen) atoms. The van der Waals surface area contributed by atoms with Gasteiger partial charge in [0.05, 0.1) is 10.6 Å². The molecule has 102 valence electrons. The number of nitrogens with zero attached hydrogens (tertiary/aromatic N) is 1. The summed E-state index contributed by atoms with van der Waals surface area (Å²) >= 11 is 6.15. The molecule has 1 amide bonds. The summed E-state index contributed by atoms with van der Waals surface area (Å²) < 4.78 is 0. The lowest BCUT2D eigenvalue weighted by Crippen LogP contribution is -2.29. The van der Waals surface area contributed by atoms with Crippen molar-refractivity contribution >= 4 is 23.5 Å². The molecule has 0 aliphatic carbocycles. The molecule has 1 saturated heterocycles. The molecule has 0 spiro atoms. The number of likely N-dealkylation sites (tertiary alicyclic amines) is 1. The number of halogens is 1. The Bertz CT molecular complexity index is 515. The first kappa shape index (κ1) is 13.9. The second-order valence-electron chi connectivity index (χ2n) is 4.94. The number of aryl methyl sites for hydroxylation is 1. The number of carbonyl (C=O) groups is 2. The first-order valence-corrected chi connectivity index (χ1v) is 6.63. The largest absolute Gasteiger partial charge is 0.481 e. The lowest BCUT2D eigenvalue weighted by molar-refractivity contribution is -0.138. The monoisotopic (exact) mass is 281 g/mol. The number of amides is 1. The standard InChI is InChI=1S/C14H16ClNO3/c1-9-3-2-4-11(13(9)15)14(19)16-6-5-10(8-16)7-12(17)18/h2-4,10H,5-8H2,1H3,(H,17,18). The Labute approximate surface area is 117 Å². The number of carbonyl (C=O) groups excluding carboxylic acids is 1. The van der Waals surface area contributed by atoms with Gasteiger partial charge in [0, 0.05) is 19.5 Å². The average molecular weight is 282 g/mol. The summed E-state index contributed by atoms with van der Waals surface area (Å²) in [7, 11) is 0. The van der Waals surface area contributed by atoms with E-state index < -0.39 is 5.97 Å². The van der Waals surface area contributed by atoms with Crippen molar-refractivity contribution in [2.24, 2.45) is 5.92 Å². The summed E-state index contributed by atoms with van der Waals surface area (Å²) in [5, 5.41) is 9.25. The van der Waals surface area contributed by atoms with Gasteiger partial charge in [-0.05, 0) is 30.9 Å². The highest BCUT2D eigenvalue weighted by Gasteiger charge is 2.29. The van der Waals surface area contributed by atoms with E-state index in [2.05, 4.69) is 0 Å². The molecular weight excluding hydrogens is 266 g/mol. The van der Waals surface area contributed by atoms with Crippen LogP contribution in [0.4, 0.5) is 0 Å². The second kappa shape index (κ2) is 5.61. The maximum Gasteiger partial charge on any atom is 0.303 e. The number of hydrogen-bond acceptors (Lipinski definition) is 2. The van der Waals surface area contributed by atoms with E-state index in [0.717, 1.165) is 12.0 Å². The highest BCUT2D eigenvalue weighted by atomic mass is 35.5. The number of rotatable bonds is 3. The lowest BCUT2D eigenvalue weighted by Gasteiger charge is -2.17. The summed E-state index contributed by atoms with van der Waals surface area (Å²) in [4.78, 5) is 24.7. The van der Waals surface area contributed by atoms with Crippen molar-refractivity contribution in [3.63, 3.8) is 0 Å². The van der Waals surface area contributed by atoms with E-state index in [0.29, 0.717) is 23.7 Å². The summed E-state index contributed by atoms with van der Waals surface area (Å²) in [6, 6.07) is 5.37. The predicted octanol–water partition coefficient (Wildman–Crippen LogP) is 2.59. The van der Waals surface area contributed by atoms with Crippen molar-refractivity contribution < 1.29 is 14.7 Å². The van der Waals surface area contributed by atoms with Gasteiger partial charge in [-0.15, -0.1) is 0 Å². The number of carboxylic acid groups (broad SMARTS) is 1. The van der Waals surface area contributed by atoms with Crippen LogP contribution in [0, 0.1) is 12.8 Å². The molecule has 1 fully saturated rings. The van der Waals surface area contributed by atoms with E-state index in [-0.39, 0.29) is 18.2 Å². The van der Waals surface area contributed by atoms with E-state index in [1.54, 1.807) is 17.0 Å². The van der Waals surface area contributed by atoms with Gasteiger partial charge in [-0.3, -0.25) is 9.59 Å².